The predicted molar refractivity (Wildman–Crippen MR) is 61.0 cm³/mol. The summed E-state index contributed by atoms with van der Waals surface area (Å²) in [4.78, 5) is 11.0. The van der Waals surface area contributed by atoms with Crippen molar-refractivity contribution >= 4 is 21.9 Å². The number of hydrogen-bond acceptors (Lipinski definition) is 1. The van der Waals surface area contributed by atoms with Crippen LogP contribution in [-0.2, 0) is 6.54 Å². The van der Waals surface area contributed by atoms with Crippen molar-refractivity contribution in [3.63, 3.8) is 0 Å². The highest BCUT2D eigenvalue weighted by Crippen LogP contribution is 2.37. The predicted octanol–water partition coefficient (Wildman–Crippen LogP) is 2.99. The highest BCUT2D eigenvalue weighted by molar-refractivity contribution is 9.10. The maximum atomic E-state index is 11.0. The Morgan fingerprint density at radius 2 is 2.40 bits per heavy atom. The van der Waals surface area contributed by atoms with Gasteiger partial charge in [0.15, 0.2) is 0 Å². The second-order valence-electron chi connectivity index (χ2n) is 4.32. The van der Waals surface area contributed by atoms with Gasteiger partial charge in [-0.15, -0.1) is 0 Å². The summed E-state index contributed by atoms with van der Waals surface area (Å²) >= 11 is 3.31. The first-order chi connectivity index (χ1) is 7.08. The molecule has 15 heavy (non-hydrogen) atoms. The molecule has 1 heterocycles. The zero-order chi connectivity index (χ0) is 11.0. The van der Waals surface area contributed by atoms with Gasteiger partial charge in [-0.25, -0.2) is 4.79 Å². The molecule has 0 amide bonds. The van der Waals surface area contributed by atoms with E-state index >= 15 is 0 Å². The van der Waals surface area contributed by atoms with Crippen LogP contribution in [0, 0.1) is 11.8 Å². The molecule has 1 aliphatic carbocycles. The van der Waals surface area contributed by atoms with E-state index in [-0.39, 0.29) is 0 Å². The molecule has 1 fully saturated rings. The Hall–Kier alpha value is -0.770. The molecule has 0 aliphatic heterocycles. The van der Waals surface area contributed by atoms with E-state index in [0.29, 0.717) is 11.6 Å². The topological polar surface area (TPSA) is 42.2 Å². The van der Waals surface area contributed by atoms with Gasteiger partial charge < -0.3 is 9.67 Å². The van der Waals surface area contributed by atoms with E-state index in [1.165, 1.54) is 12.8 Å². The van der Waals surface area contributed by atoms with Gasteiger partial charge in [0.25, 0.3) is 0 Å². The van der Waals surface area contributed by atoms with Crippen molar-refractivity contribution in [3.05, 3.63) is 22.4 Å². The first-order valence-corrected chi connectivity index (χ1v) is 5.96. The summed E-state index contributed by atoms with van der Waals surface area (Å²) in [7, 11) is 0. The number of aromatic nitrogens is 1. The third kappa shape index (κ3) is 2.43. The summed E-state index contributed by atoms with van der Waals surface area (Å²) in [6.07, 6.45) is 4.44. The van der Waals surface area contributed by atoms with Gasteiger partial charge in [0.2, 0.25) is 0 Å². The molecule has 1 aromatic rings. The van der Waals surface area contributed by atoms with Gasteiger partial charge in [0.1, 0.15) is 5.69 Å². The van der Waals surface area contributed by atoms with E-state index < -0.39 is 5.97 Å². The fraction of sp³-hybridized carbons (Fsp3) is 0.545. The second-order valence-corrected chi connectivity index (χ2v) is 5.23. The van der Waals surface area contributed by atoms with Crippen LogP contribution in [0.25, 0.3) is 0 Å². The summed E-state index contributed by atoms with van der Waals surface area (Å²) in [5.41, 5.74) is 0.370. The minimum atomic E-state index is -0.858. The highest BCUT2D eigenvalue weighted by atomic mass is 79.9. The molecule has 3 nitrogen and oxygen atoms in total. The molecule has 4 heteroatoms. The second kappa shape index (κ2) is 4.00. The quantitative estimate of drug-likeness (QED) is 0.915. The molecule has 0 bridgehead atoms. The average molecular weight is 272 g/mol. The maximum absolute atomic E-state index is 11.0. The lowest BCUT2D eigenvalue weighted by atomic mass is 10.1. The van der Waals surface area contributed by atoms with E-state index in [0.717, 1.165) is 16.9 Å². The first-order valence-electron chi connectivity index (χ1n) is 5.17. The molecule has 0 aromatic carbocycles. The zero-order valence-corrected chi connectivity index (χ0v) is 10.2. The van der Waals surface area contributed by atoms with Crippen molar-refractivity contribution in [2.24, 2.45) is 11.8 Å². The van der Waals surface area contributed by atoms with Gasteiger partial charge in [-0.2, -0.15) is 0 Å². The van der Waals surface area contributed by atoms with Crippen LogP contribution in [0.2, 0.25) is 0 Å². The lowest BCUT2D eigenvalue weighted by molar-refractivity contribution is 0.0684. The van der Waals surface area contributed by atoms with Gasteiger partial charge in [-0.1, -0.05) is 6.92 Å². The van der Waals surface area contributed by atoms with E-state index in [4.69, 9.17) is 5.11 Å². The van der Waals surface area contributed by atoms with E-state index in [1.807, 2.05) is 10.8 Å². The molecular weight excluding hydrogens is 258 g/mol. The minimum Gasteiger partial charge on any atom is -0.477 e. The summed E-state index contributed by atoms with van der Waals surface area (Å²) in [5, 5.41) is 9.00. The Morgan fingerprint density at radius 1 is 1.73 bits per heavy atom. The van der Waals surface area contributed by atoms with E-state index in [1.54, 1.807) is 6.07 Å². The fourth-order valence-electron chi connectivity index (χ4n) is 1.93. The van der Waals surface area contributed by atoms with Crippen LogP contribution in [0.5, 0.6) is 0 Å². The summed E-state index contributed by atoms with van der Waals surface area (Å²) in [5.74, 6) is 0.513. The van der Waals surface area contributed by atoms with E-state index in [2.05, 4.69) is 22.9 Å². The van der Waals surface area contributed by atoms with Crippen LogP contribution in [0.4, 0.5) is 0 Å². The molecule has 0 radical (unpaired) electrons. The molecular formula is C11H14BrNO2. The number of carboxylic acid groups (broad SMARTS) is 1. The molecule has 0 spiro atoms. The molecule has 1 aromatic heterocycles. The number of hydrogen-bond donors (Lipinski definition) is 1. The van der Waals surface area contributed by atoms with Crippen molar-refractivity contribution in [2.45, 2.75) is 26.3 Å². The fourth-order valence-corrected chi connectivity index (χ4v) is 2.39. The van der Waals surface area contributed by atoms with Crippen molar-refractivity contribution in [2.75, 3.05) is 0 Å². The molecule has 1 unspecified atom stereocenters. The summed E-state index contributed by atoms with van der Waals surface area (Å²) in [6.45, 7) is 3.00. The maximum Gasteiger partial charge on any atom is 0.352 e. The van der Waals surface area contributed by atoms with Crippen molar-refractivity contribution < 1.29 is 9.90 Å². The lowest BCUT2D eigenvalue weighted by Crippen LogP contribution is -2.13. The summed E-state index contributed by atoms with van der Waals surface area (Å²) in [6, 6.07) is 1.65. The number of carboxylic acids is 1. The molecule has 1 N–H and O–H groups in total. The molecule has 1 atom stereocenters. The highest BCUT2D eigenvalue weighted by Gasteiger charge is 2.28. The van der Waals surface area contributed by atoms with Gasteiger partial charge >= 0.3 is 5.97 Å². The lowest BCUT2D eigenvalue weighted by Gasteiger charge is -2.12. The van der Waals surface area contributed by atoms with Crippen LogP contribution in [0.1, 0.15) is 30.3 Å². The van der Waals surface area contributed by atoms with Crippen LogP contribution < -0.4 is 0 Å². The first kappa shape index (κ1) is 10.7. The third-order valence-electron chi connectivity index (χ3n) is 2.99. The molecule has 0 saturated heterocycles. The van der Waals surface area contributed by atoms with Crippen LogP contribution in [0.15, 0.2) is 16.7 Å². The summed E-state index contributed by atoms with van der Waals surface area (Å²) < 4.78 is 2.66. The van der Waals surface area contributed by atoms with Gasteiger partial charge in [-0.05, 0) is 46.7 Å². The smallest absolute Gasteiger partial charge is 0.352 e. The van der Waals surface area contributed by atoms with Crippen molar-refractivity contribution in [1.29, 1.82) is 0 Å². The van der Waals surface area contributed by atoms with E-state index in [9.17, 15) is 4.79 Å². The monoisotopic (exact) mass is 271 g/mol. The van der Waals surface area contributed by atoms with Crippen molar-refractivity contribution in [3.8, 4) is 0 Å². The largest absolute Gasteiger partial charge is 0.477 e. The third-order valence-corrected chi connectivity index (χ3v) is 3.43. The van der Waals surface area contributed by atoms with Crippen LogP contribution >= 0.6 is 15.9 Å². The Bertz CT molecular complexity index is 382. The normalized spacial score (nSPS) is 17.7. The van der Waals surface area contributed by atoms with Gasteiger partial charge in [-0.3, -0.25) is 0 Å². The molecule has 1 saturated carbocycles. The molecule has 2 rings (SSSR count). The number of nitrogens with zero attached hydrogens (tertiary/aromatic N) is 1. The zero-order valence-electron chi connectivity index (χ0n) is 8.61. The average Bonchev–Trinajstić information content (AvgIpc) is 2.91. The van der Waals surface area contributed by atoms with Crippen molar-refractivity contribution in [1.82, 2.24) is 4.57 Å². The molecule has 1 aliphatic rings. The number of halogens is 1. The van der Waals surface area contributed by atoms with Gasteiger partial charge in [0, 0.05) is 17.2 Å². The Balaban J connectivity index is 2.15. The molecule has 82 valence electrons. The SMILES string of the molecule is CC(Cn1cc(Br)cc1C(=O)O)C1CC1. The Kier molecular flexibility index (Phi) is 2.87. The Morgan fingerprint density at radius 3 is 2.93 bits per heavy atom. The number of rotatable bonds is 4. The van der Waals surface area contributed by atoms with Gasteiger partial charge in [0.05, 0.1) is 0 Å². The number of aromatic carboxylic acids is 1. The number of carbonyl (C=O) groups is 1. The van der Waals surface area contributed by atoms with Crippen LogP contribution in [0.3, 0.4) is 0 Å². The van der Waals surface area contributed by atoms with Crippen LogP contribution in [-0.4, -0.2) is 15.6 Å². The minimum absolute atomic E-state index is 0.370. The Labute approximate surface area is 97.2 Å². The standard InChI is InChI=1S/C11H14BrNO2/c1-7(8-2-3-8)5-13-6-9(12)4-10(13)11(14)15/h4,6-8H,2-3,5H2,1H3,(H,14,15).